The summed E-state index contributed by atoms with van der Waals surface area (Å²) in [7, 11) is 0. The van der Waals surface area contributed by atoms with E-state index in [9.17, 15) is 9.59 Å². The number of hydrogen-bond acceptors (Lipinski definition) is 3. The molecular formula is C14H18O3. The first kappa shape index (κ1) is 13.4. The van der Waals surface area contributed by atoms with E-state index in [1.165, 1.54) is 0 Å². The maximum Gasteiger partial charge on any atom is 0.379 e. The molecule has 92 valence electrons. The monoisotopic (exact) mass is 234 g/mol. The van der Waals surface area contributed by atoms with Crippen molar-refractivity contribution in [3.05, 3.63) is 35.4 Å². The minimum absolute atomic E-state index is 0.324. The molecule has 17 heavy (non-hydrogen) atoms. The van der Waals surface area contributed by atoms with Gasteiger partial charge >= 0.3 is 5.97 Å². The average molecular weight is 234 g/mol. The Labute approximate surface area is 102 Å². The second-order valence-corrected chi connectivity index (χ2v) is 3.99. The van der Waals surface area contributed by atoms with Gasteiger partial charge in [-0.05, 0) is 18.9 Å². The van der Waals surface area contributed by atoms with Gasteiger partial charge in [-0.2, -0.15) is 0 Å². The summed E-state index contributed by atoms with van der Waals surface area (Å²) < 4.78 is 4.93. The zero-order chi connectivity index (χ0) is 12.7. The summed E-state index contributed by atoms with van der Waals surface area (Å²) in [5, 5.41) is 0. The highest BCUT2D eigenvalue weighted by molar-refractivity contribution is 6.40. The molecule has 0 aromatic heterocycles. The first-order chi connectivity index (χ1) is 8.16. The SMILES string of the molecule is CCCCCOC(=O)C(=O)c1ccccc1C. The van der Waals surface area contributed by atoms with E-state index in [2.05, 4.69) is 6.92 Å². The molecule has 0 radical (unpaired) electrons. The van der Waals surface area contributed by atoms with Gasteiger partial charge in [0.05, 0.1) is 6.61 Å². The number of ketones is 1. The predicted molar refractivity (Wildman–Crippen MR) is 66.0 cm³/mol. The third kappa shape index (κ3) is 4.02. The molecule has 0 aliphatic rings. The van der Waals surface area contributed by atoms with Gasteiger partial charge in [0.1, 0.15) is 0 Å². The molecule has 0 unspecified atom stereocenters. The molecule has 0 atom stereocenters. The first-order valence-corrected chi connectivity index (χ1v) is 5.94. The molecule has 0 spiro atoms. The zero-order valence-electron chi connectivity index (χ0n) is 10.4. The van der Waals surface area contributed by atoms with Crippen LogP contribution in [-0.4, -0.2) is 18.4 Å². The van der Waals surface area contributed by atoms with Crippen molar-refractivity contribution in [1.29, 1.82) is 0 Å². The molecule has 0 aliphatic carbocycles. The second-order valence-electron chi connectivity index (χ2n) is 3.99. The van der Waals surface area contributed by atoms with Crippen molar-refractivity contribution in [2.45, 2.75) is 33.1 Å². The third-order valence-electron chi connectivity index (χ3n) is 2.56. The first-order valence-electron chi connectivity index (χ1n) is 5.94. The molecule has 1 aromatic carbocycles. The highest BCUT2D eigenvalue weighted by Gasteiger charge is 2.18. The summed E-state index contributed by atoms with van der Waals surface area (Å²) in [5.74, 6) is -1.31. The highest BCUT2D eigenvalue weighted by Crippen LogP contribution is 2.09. The van der Waals surface area contributed by atoms with Crippen molar-refractivity contribution in [3.63, 3.8) is 0 Å². The van der Waals surface area contributed by atoms with Crippen molar-refractivity contribution < 1.29 is 14.3 Å². The number of carbonyl (C=O) groups excluding carboxylic acids is 2. The number of aryl methyl sites for hydroxylation is 1. The van der Waals surface area contributed by atoms with Crippen LogP contribution in [0, 0.1) is 6.92 Å². The van der Waals surface area contributed by atoms with Gasteiger partial charge in [-0.25, -0.2) is 4.79 Å². The van der Waals surface area contributed by atoms with Gasteiger partial charge in [0.15, 0.2) is 0 Å². The lowest BCUT2D eigenvalue weighted by Crippen LogP contribution is -2.19. The average Bonchev–Trinajstić information content (AvgIpc) is 2.34. The number of carbonyl (C=O) groups is 2. The van der Waals surface area contributed by atoms with Gasteiger partial charge in [0, 0.05) is 5.56 Å². The summed E-state index contributed by atoms with van der Waals surface area (Å²) in [6.45, 7) is 4.20. The van der Waals surface area contributed by atoms with Gasteiger partial charge in [-0.1, -0.05) is 44.0 Å². The lowest BCUT2D eigenvalue weighted by molar-refractivity contribution is -0.138. The highest BCUT2D eigenvalue weighted by atomic mass is 16.5. The minimum Gasteiger partial charge on any atom is -0.460 e. The summed E-state index contributed by atoms with van der Waals surface area (Å²) >= 11 is 0. The van der Waals surface area contributed by atoms with E-state index in [1.807, 2.05) is 6.07 Å². The Morgan fingerprint density at radius 2 is 1.88 bits per heavy atom. The number of Topliss-reactive ketones (excluding diaryl/α,β-unsaturated/α-hetero) is 1. The van der Waals surface area contributed by atoms with E-state index in [-0.39, 0.29) is 0 Å². The molecule has 0 fully saturated rings. The van der Waals surface area contributed by atoms with Gasteiger partial charge in [-0.3, -0.25) is 4.79 Å². The Hall–Kier alpha value is -1.64. The fourth-order valence-electron chi connectivity index (χ4n) is 1.52. The van der Waals surface area contributed by atoms with E-state index in [4.69, 9.17) is 4.74 Å². The molecule has 0 N–H and O–H groups in total. The van der Waals surface area contributed by atoms with Crippen LogP contribution >= 0.6 is 0 Å². The second kappa shape index (κ2) is 6.84. The molecular weight excluding hydrogens is 216 g/mol. The fraction of sp³-hybridized carbons (Fsp3) is 0.429. The van der Waals surface area contributed by atoms with Crippen LogP contribution in [0.5, 0.6) is 0 Å². The quantitative estimate of drug-likeness (QED) is 0.329. The summed E-state index contributed by atoms with van der Waals surface area (Å²) in [5.41, 5.74) is 1.22. The molecule has 1 rings (SSSR count). The van der Waals surface area contributed by atoms with E-state index < -0.39 is 11.8 Å². The van der Waals surface area contributed by atoms with Gasteiger partial charge in [0.25, 0.3) is 5.78 Å². The Balaban J connectivity index is 2.53. The molecule has 1 aromatic rings. The van der Waals surface area contributed by atoms with Crippen molar-refractivity contribution in [2.24, 2.45) is 0 Å². The van der Waals surface area contributed by atoms with E-state index >= 15 is 0 Å². The maximum atomic E-state index is 11.8. The van der Waals surface area contributed by atoms with Crippen molar-refractivity contribution in [2.75, 3.05) is 6.61 Å². The van der Waals surface area contributed by atoms with Crippen LogP contribution in [0.2, 0.25) is 0 Å². The number of hydrogen-bond donors (Lipinski definition) is 0. The number of ether oxygens (including phenoxy) is 1. The van der Waals surface area contributed by atoms with Gasteiger partial charge in [0.2, 0.25) is 0 Å². The van der Waals surface area contributed by atoms with Crippen LogP contribution in [0.15, 0.2) is 24.3 Å². The lowest BCUT2D eigenvalue weighted by Gasteiger charge is -2.05. The standard InChI is InChI=1S/C14H18O3/c1-3-4-7-10-17-14(16)13(15)12-9-6-5-8-11(12)2/h5-6,8-9H,3-4,7,10H2,1-2H3. The molecule has 0 amide bonds. The number of benzene rings is 1. The van der Waals surface area contributed by atoms with E-state index in [1.54, 1.807) is 25.1 Å². The largest absolute Gasteiger partial charge is 0.460 e. The number of unbranched alkanes of at least 4 members (excludes halogenated alkanes) is 2. The van der Waals surface area contributed by atoms with Gasteiger partial charge < -0.3 is 4.74 Å². The maximum absolute atomic E-state index is 11.8. The van der Waals surface area contributed by atoms with Crippen LogP contribution in [-0.2, 0) is 9.53 Å². The topological polar surface area (TPSA) is 43.4 Å². The summed E-state index contributed by atoms with van der Waals surface area (Å²) in [4.78, 5) is 23.2. The Morgan fingerprint density at radius 1 is 1.18 bits per heavy atom. The molecule has 0 saturated carbocycles. The Kier molecular flexibility index (Phi) is 5.40. The van der Waals surface area contributed by atoms with Crippen LogP contribution in [0.1, 0.15) is 42.1 Å². The summed E-state index contributed by atoms with van der Waals surface area (Å²) in [6, 6.07) is 7.02. The molecule has 0 aliphatic heterocycles. The molecule has 0 bridgehead atoms. The van der Waals surface area contributed by atoms with E-state index in [0.29, 0.717) is 12.2 Å². The number of rotatable bonds is 6. The molecule has 0 saturated heterocycles. The third-order valence-corrected chi connectivity index (χ3v) is 2.56. The van der Waals surface area contributed by atoms with Crippen LogP contribution < -0.4 is 0 Å². The predicted octanol–water partition coefficient (Wildman–Crippen LogP) is 2.91. The molecule has 0 heterocycles. The van der Waals surface area contributed by atoms with Gasteiger partial charge in [-0.15, -0.1) is 0 Å². The lowest BCUT2D eigenvalue weighted by atomic mass is 10.1. The number of esters is 1. The Morgan fingerprint density at radius 3 is 2.53 bits per heavy atom. The minimum atomic E-state index is -0.754. The van der Waals surface area contributed by atoms with E-state index in [0.717, 1.165) is 24.8 Å². The normalized spacial score (nSPS) is 10.0. The molecule has 3 heteroatoms. The zero-order valence-corrected chi connectivity index (χ0v) is 10.4. The van der Waals surface area contributed by atoms with Crippen LogP contribution in [0.3, 0.4) is 0 Å². The van der Waals surface area contributed by atoms with Crippen LogP contribution in [0.4, 0.5) is 0 Å². The van der Waals surface area contributed by atoms with Crippen LogP contribution in [0.25, 0.3) is 0 Å². The fourth-order valence-corrected chi connectivity index (χ4v) is 1.52. The summed E-state index contributed by atoms with van der Waals surface area (Å²) in [6.07, 6.45) is 2.87. The Bertz CT molecular complexity index is 396. The van der Waals surface area contributed by atoms with Crippen molar-refractivity contribution in [3.8, 4) is 0 Å². The smallest absolute Gasteiger partial charge is 0.379 e. The molecule has 3 nitrogen and oxygen atoms in total. The van der Waals surface area contributed by atoms with Crippen molar-refractivity contribution >= 4 is 11.8 Å². The van der Waals surface area contributed by atoms with Crippen molar-refractivity contribution in [1.82, 2.24) is 0 Å².